The molecule has 0 aliphatic heterocycles. The van der Waals surface area contributed by atoms with E-state index in [4.69, 9.17) is 11.6 Å². The molecule has 0 saturated carbocycles. The second-order valence-electron chi connectivity index (χ2n) is 7.32. The Morgan fingerprint density at radius 3 is 2.56 bits per heavy atom. The van der Waals surface area contributed by atoms with E-state index in [1.165, 1.54) is 41.7 Å². The van der Waals surface area contributed by atoms with Crippen LogP contribution in [0.2, 0.25) is 5.02 Å². The molecule has 162 valence electrons. The fourth-order valence-electron chi connectivity index (χ4n) is 3.28. The lowest BCUT2D eigenvalue weighted by molar-refractivity contribution is 0.104. The third-order valence-corrected chi connectivity index (χ3v) is 6.40. The monoisotopic (exact) mass is 467 g/mol. The number of allylic oxidation sites excluding steroid dienone is 1. The number of rotatable bonds is 5. The summed E-state index contributed by atoms with van der Waals surface area (Å²) in [4.78, 5) is 18.1. The smallest absolute Gasteiger partial charge is 0.189 e. The molecule has 4 rings (SSSR count). The number of carbonyl (C=O) groups excluding carboxylic acids is 1. The average Bonchev–Trinajstić information content (AvgIpc) is 3.31. The summed E-state index contributed by atoms with van der Waals surface area (Å²) in [6, 6.07) is 8.90. The van der Waals surface area contributed by atoms with Gasteiger partial charge in [0.2, 0.25) is 0 Å². The van der Waals surface area contributed by atoms with Crippen molar-refractivity contribution in [1.29, 1.82) is 0 Å². The van der Waals surface area contributed by atoms with E-state index in [2.05, 4.69) is 10.1 Å². The highest BCUT2D eigenvalue weighted by molar-refractivity contribution is 7.15. The molecule has 2 heterocycles. The van der Waals surface area contributed by atoms with Gasteiger partial charge in [-0.15, -0.1) is 11.3 Å². The third kappa shape index (κ3) is 4.35. The number of halogens is 2. The van der Waals surface area contributed by atoms with Gasteiger partial charge in [-0.3, -0.25) is 4.79 Å². The average molecular weight is 468 g/mol. The van der Waals surface area contributed by atoms with Crippen LogP contribution in [-0.2, 0) is 0 Å². The number of thiazole rings is 1. The Morgan fingerprint density at radius 2 is 1.91 bits per heavy atom. The standard InChI is InChI=1S/C24H19ClFN3O2S/c1-13-10-22(31)19(11-20(13)25)21(30)9-4-16-12-29(18-7-5-17(26)6-8-18)28-23(16)24-14(2)27-15(3)32-24/h4-12,31H,1-3H3/b9-4+. The normalized spacial score (nSPS) is 11.4. The van der Waals surface area contributed by atoms with Gasteiger partial charge in [-0.25, -0.2) is 14.1 Å². The van der Waals surface area contributed by atoms with Crippen molar-refractivity contribution in [3.8, 4) is 22.0 Å². The highest BCUT2D eigenvalue weighted by Crippen LogP contribution is 2.33. The van der Waals surface area contributed by atoms with Crippen molar-refractivity contribution < 1.29 is 14.3 Å². The van der Waals surface area contributed by atoms with Crippen LogP contribution in [0.3, 0.4) is 0 Å². The number of aryl methyl sites for hydroxylation is 3. The van der Waals surface area contributed by atoms with Crippen molar-refractivity contribution in [2.45, 2.75) is 20.8 Å². The molecular formula is C24H19ClFN3O2S. The van der Waals surface area contributed by atoms with Gasteiger partial charge in [0.15, 0.2) is 5.78 Å². The molecule has 2 aromatic carbocycles. The van der Waals surface area contributed by atoms with Gasteiger partial charge in [-0.05, 0) is 74.9 Å². The Hall–Kier alpha value is -3.29. The first kappa shape index (κ1) is 21.9. The molecule has 2 aromatic heterocycles. The Morgan fingerprint density at radius 1 is 1.19 bits per heavy atom. The molecule has 0 saturated heterocycles. The number of ketones is 1. The van der Waals surface area contributed by atoms with E-state index in [0.717, 1.165) is 15.6 Å². The van der Waals surface area contributed by atoms with Crippen molar-refractivity contribution in [3.63, 3.8) is 0 Å². The second kappa shape index (κ2) is 8.68. The largest absolute Gasteiger partial charge is 0.507 e. The minimum Gasteiger partial charge on any atom is -0.507 e. The Balaban J connectivity index is 1.77. The predicted octanol–water partition coefficient (Wildman–Crippen LogP) is 6.32. The van der Waals surface area contributed by atoms with Crippen LogP contribution in [0.5, 0.6) is 5.75 Å². The number of aromatic nitrogens is 3. The van der Waals surface area contributed by atoms with E-state index >= 15 is 0 Å². The van der Waals surface area contributed by atoms with Crippen molar-refractivity contribution in [3.05, 3.63) is 86.9 Å². The van der Waals surface area contributed by atoms with Crippen LogP contribution in [0.15, 0.2) is 48.7 Å². The molecule has 0 unspecified atom stereocenters. The fraction of sp³-hybridized carbons (Fsp3) is 0.125. The minimum atomic E-state index is -0.387. The number of hydrogen-bond donors (Lipinski definition) is 1. The van der Waals surface area contributed by atoms with Crippen molar-refractivity contribution in [2.75, 3.05) is 0 Å². The molecule has 0 aliphatic carbocycles. The Bertz CT molecular complexity index is 1360. The number of hydrogen-bond acceptors (Lipinski definition) is 5. The van der Waals surface area contributed by atoms with Gasteiger partial charge >= 0.3 is 0 Å². The molecule has 0 radical (unpaired) electrons. The minimum absolute atomic E-state index is 0.120. The van der Waals surface area contributed by atoms with Gasteiger partial charge in [-0.1, -0.05) is 11.6 Å². The number of benzene rings is 2. The Kier molecular flexibility index (Phi) is 5.95. The summed E-state index contributed by atoms with van der Waals surface area (Å²) in [6.07, 6.45) is 4.79. The van der Waals surface area contributed by atoms with E-state index in [1.54, 1.807) is 36.0 Å². The molecular weight excluding hydrogens is 449 g/mol. The van der Waals surface area contributed by atoms with E-state index in [9.17, 15) is 14.3 Å². The second-order valence-corrected chi connectivity index (χ2v) is 8.93. The third-order valence-electron chi connectivity index (χ3n) is 4.91. The van der Waals surface area contributed by atoms with Gasteiger partial charge < -0.3 is 5.11 Å². The van der Waals surface area contributed by atoms with Crippen LogP contribution >= 0.6 is 22.9 Å². The van der Waals surface area contributed by atoms with Crippen LogP contribution in [-0.4, -0.2) is 25.7 Å². The lowest BCUT2D eigenvalue weighted by Gasteiger charge is -2.04. The highest BCUT2D eigenvalue weighted by Gasteiger charge is 2.17. The van der Waals surface area contributed by atoms with Gasteiger partial charge in [0, 0.05) is 16.8 Å². The molecule has 0 aliphatic rings. The first-order valence-electron chi connectivity index (χ1n) is 9.74. The van der Waals surface area contributed by atoms with Crippen LogP contribution in [0.25, 0.3) is 22.3 Å². The lowest BCUT2D eigenvalue weighted by Crippen LogP contribution is -1.96. The summed E-state index contributed by atoms with van der Waals surface area (Å²) < 4.78 is 15.0. The van der Waals surface area contributed by atoms with E-state index in [0.29, 0.717) is 27.5 Å². The van der Waals surface area contributed by atoms with Crippen LogP contribution < -0.4 is 0 Å². The molecule has 32 heavy (non-hydrogen) atoms. The highest BCUT2D eigenvalue weighted by atomic mass is 35.5. The topological polar surface area (TPSA) is 68.0 Å². The van der Waals surface area contributed by atoms with E-state index < -0.39 is 0 Å². The van der Waals surface area contributed by atoms with Gasteiger partial charge in [0.25, 0.3) is 0 Å². The summed E-state index contributed by atoms with van der Waals surface area (Å²) in [5.74, 6) is -0.850. The fourth-order valence-corrected chi connectivity index (χ4v) is 4.37. The first-order chi connectivity index (χ1) is 15.2. The number of carbonyl (C=O) groups is 1. The molecule has 1 N–H and O–H groups in total. The van der Waals surface area contributed by atoms with Gasteiger partial charge in [0.1, 0.15) is 17.3 Å². The quantitative estimate of drug-likeness (QED) is 0.275. The first-order valence-corrected chi connectivity index (χ1v) is 10.9. The molecule has 0 spiro atoms. The summed E-state index contributed by atoms with van der Waals surface area (Å²) in [5.41, 5.74) is 3.67. The number of nitrogens with zero attached hydrogens (tertiary/aromatic N) is 3. The number of phenols is 1. The number of phenolic OH excluding ortho intramolecular Hbond substituents is 1. The molecule has 4 aromatic rings. The van der Waals surface area contributed by atoms with Crippen molar-refractivity contribution >= 4 is 34.8 Å². The molecule has 0 atom stereocenters. The van der Waals surface area contributed by atoms with Gasteiger partial charge in [-0.2, -0.15) is 5.10 Å². The lowest BCUT2D eigenvalue weighted by atomic mass is 10.1. The summed E-state index contributed by atoms with van der Waals surface area (Å²) in [6.45, 7) is 5.57. The van der Waals surface area contributed by atoms with Crippen LogP contribution in [0.1, 0.15) is 32.2 Å². The zero-order valence-electron chi connectivity index (χ0n) is 17.6. The molecule has 0 fully saturated rings. The molecule has 5 nitrogen and oxygen atoms in total. The molecule has 0 bridgehead atoms. The predicted molar refractivity (Wildman–Crippen MR) is 125 cm³/mol. The van der Waals surface area contributed by atoms with Crippen molar-refractivity contribution in [2.24, 2.45) is 0 Å². The van der Waals surface area contributed by atoms with Gasteiger partial charge in [0.05, 0.1) is 26.8 Å². The van der Waals surface area contributed by atoms with E-state index in [-0.39, 0.29) is 22.9 Å². The summed E-state index contributed by atoms with van der Waals surface area (Å²) in [5, 5.41) is 16.1. The van der Waals surface area contributed by atoms with E-state index in [1.807, 2.05) is 13.8 Å². The zero-order chi connectivity index (χ0) is 23.0. The summed E-state index contributed by atoms with van der Waals surface area (Å²) in [7, 11) is 0. The maximum atomic E-state index is 13.3. The van der Waals surface area contributed by atoms with Crippen LogP contribution in [0.4, 0.5) is 4.39 Å². The molecule has 8 heteroatoms. The van der Waals surface area contributed by atoms with Crippen LogP contribution in [0, 0.1) is 26.6 Å². The summed E-state index contributed by atoms with van der Waals surface area (Å²) >= 11 is 7.63. The molecule has 0 amide bonds. The van der Waals surface area contributed by atoms with Crippen molar-refractivity contribution in [1.82, 2.24) is 14.8 Å². The zero-order valence-corrected chi connectivity index (χ0v) is 19.1. The maximum absolute atomic E-state index is 13.3. The SMILES string of the molecule is Cc1nc(C)c(-c2nn(-c3ccc(F)cc3)cc2/C=C/C(=O)c2cc(Cl)c(C)cc2O)s1. The Labute approximate surface area is 193 Å². The number of aromatic hydroxyl groups is 1. The maximum Gasteiger partial charge on any atom is 0.189 e.